The van der Waals surface area contributed by atoms with Gasteiger partial charge in [0.05, 0.1) is 0 Å². The Morgan fingerprint density at radius 3 is 2.73 bits per heavy atom. The lowest BCUT2D eigenvalue weighted by Gasteiger charge is -2.40. The molecular formula is C17H25NO4. The molecule has 22 heavy (non-hydrogen) atoms. The fourth-order valence-corrected chi connectivity index (χ4v) is 3.29. The third-order valence-electron chi connectivity index (χ3n) is 4.58. The van der Waals surface area contributed by atoms with Crippen LogP contribution in [0.1, 0.15) is 33.1 Å². The van der Waals surface area contributed by atoms with E-state index in [9.17, 15) is 5.11 Å². The number of benzene rings is 1. The van der Waals surface area contributed by atoms with Gasteiger partial charge >= 0.3 is 0 Å². The number of rotatable bonds is 5. The van der Waals surface area contributed by atoms with Crippen molar-refractivity contribution >= 4 is 0 Å². The molecule has 0 radical (unpaired) electrons. The summed E-state index contributed by atoms with van der Waals surface area (Å²) in [7, 11) is 0. The second kappa shape index (κ2) is 6.75. The molecule has 3 rings (SSSR count). The van der Waals surface area contributed by atoms with Crippen LogP contribution in [-0.2, 0) is 0 Å². The first kappa shape index (κ1) is 15.4. The van der Waals surface area contributed by atoms with E-state index >= 15 is 0 Å². The average molecular weight is 307 g/mol. The van der Waals surface area contributed by atoms with E-state index in [1.807, 2.05) is 12.1 Å². The Labute approximate surface area is 131 Å². The van der Waals surface area contributed by atoms with Crippen molar-refractivity contribution in [2.45, 2.75) is 51.3 Å². The first-order valence-electron chi connectivity index (χ1n) is 8.09. The molecule has 2 aliphatic heterocycles. The number of hydrogen-bond acceptors (Lipinski definition) is 5. The molecule has 0 aromatic heterocycles. The fraction of sp³-hybridized carbons (Fsp3) is 0.647. The van der Waals surface area contributed by atoms with Gasteiger partial charge in [-0.15, -0.1) is 0 Å². The molecule has 2 aliphatic rings. The summed E-state index contributed by atoms with van der Waals surface area (Å²) in [5, 5.41) is 10.3. The zero-order valence-corrected chi connectivity index (χ0v) is 13.3. The van der Waals surface area contributed by atoms with Crippen molar-refractivity contribution in [2.24, 2.45) is 0 Å². The standard InChI is InChI=1S/C17H25NO4/c1-12-4-3-5-13(2)18(12)9-14(19)10-20-15-6-7-16-17(8-15)22-11-21-16/h6-8,12-14,19H,3-5,9-11H2,1-2H3/t12-,13+,14-/m0/s1. The summed E-state index contributed by atoms with van der Waals surface area (Å²) in [6, 6.07) is 6.54. The lowest BCUT2D eigenvalue weighted by molar-refractivity contribution is 0.0208. The first-order valence-corrected chi connectivity index (χ1v) is 8.09. The van der Waals surface area contributed by atoms with E-state index in [2.05, 4.69) is 18.7 Å². The van der Waals surface area contributed by atoms with Crippen LogP contribution in [-0.4, -0.2) is 48.1 Å². The van der Waals surface area contributed by atoms with Crippen molar-refractivity contribution in [3.63, 3.8) is 0 Å². The number of aliphatic hydroxyl groups is 1. The van der Waals surface area contributed by atoms with Gasteiger partial charge in [0.15, 0.2) is 11.5 Å². The van der Waals surface area contributed by atoms with Gasteiger partial charge < -0.3 is 19.3 Å². The molecule has 0 unspecified atom stereocenters. The minimum Gasteiger partial charge on any atom is -0.491 e. The highest BCUT2D eigenvalue weighted by Crippen LogP contribution is 2.35. The maximum absolute atomic E-state index is 10.3. The quantitative estimate of drug-likeness (QED) is 0.905. The second-order valence-corrected chi connectivity index (χ2v) is 6.31. The van der Waals surface area contributed by atoms with Crippen LogP contribution in [0, 0.1) is 0 Å². The van der Waals surface area contributed by atoms with E-state index in [0.717, 1.165) is 5.75 Å². The molecule has 2 heterocycles. The number of nitrogens with zero attached hydrogens (tertiary/aromatic N) is 1. The average Bonchev–Trinajstić information content (AvgIpc) is 2.96. The van der Waals surface area contributed by atoms with Crippen molar-refractivity contribution in [1.82, 2.24) is 4.90 Å². The molecular weight excluding hydrogens is 282 g/mol. The summed E-state index contributed by atoms with van der Waals surface area (Å²) in [6.45, 7) is 5.68. The predicted molar refractivity (Wildman–Crippen MR) is 83.5 cm³/mol. The molecule has 5 heteroatoms. The summed E-state index contributed by atoms with van der Waals surface area (Å²) in [4.78, 5) is 2.39. The second-order valence-electron chi connectivity index (χ2n) is 6.31. The van der Waals surface area contributed by atoms with Gasteiger partial charge in [-0.05, 0) is 38.8 Å². The number of hydrogen-bond donors (Lipinski definition) is 1. The summed E-state index contributed by atoms with van der Waals surface area (Å²) >= 11 is 0. The maximum atomic E-state index is 10.3. The molecule has 5 nitrogen and oxygen atoms in total. The van der Waals surface area contributed by atoms with Crippen molar-refractivity contribution < 1.29 is 19.3 Å². The summed E-state index contributed by atoms with van der Waals surface area (Å²) in [6.07, 6.45) is 3.21. The van der Waals surface area contributed by atoms with Gasteiger partial charge in [0.2, 0.25) is 6.79 Å². The molecule has 122 valence electrons. The SMILES string of the molecule is C[C@@H]1CCC[C@H](C)N1C[C@H](O)COc1ccc2c(c1)OCO2. The van der Waals surface area contributed by atoms with E-state index < -0.39 is 6.10 Å². The largest absolute Gasteiger partial charge is 0.491 e. The third-order valence-corrected chi connectivity index (χ3v) is 4.58. The normalized spacial score (nSPS) is 26.0. The van der Waals surface area contributed by atoms with Gasteiger partial charge in [0, 0.05) is 24.7 Å². The van der Waals surface area contributed by atoms with Crippen LogP contribution < -0.4 is 14.2 Å². The van der Waals surface area contributed by atoms with Gasteiger partial charge in [-0.2, -0.15) is 0 Å². The first-order chi connectivity index (χ1) is 10.6. The highest BCUT2D eigenvalue weighted by atomic mass is 16.7. The number of likely N-dealkylation sites (tertiary alicyclic amines) is 1. The molecule has 1 fully saturated rings. The highest BCUT2D eigenvalue weighted by molar-refractivity contribution is 5.46. The molecule has 0 saturated carbocycles. The number of piperidine rings is 1. The Kier molecular flexibility index (Phi) is 4.74. The third kappa shape index (κ3) is 3.47. The molecule has 3 atom stereocenters. The Morgan fingerprint density at radius 1 is 1.23 bits per heavy atom. The van der Waals surface area contributed by atoms with Gasteiger partial charge in [-0.1, -0.05) is 6.42 Å². The number of aliphatic hydroxyl groups excluding tert-OH is 1. The lowest BCUT2D eigenvalue weighted by Crippen LogP contribution is -2.48. The van der Waals surface area contributed by atoms with E-state index in [0.29, 0.717) is 30.1 Å². The van der Waals surface area contributed by atoms with Crippen LogP contribution in [0.15, 0.2) is 18.2 Å². The number of ether oxygens (including phenoxy) is 3. The minimum absolute atomic E-state index is 0.256. The van der Waals surface area contributed by atoms with Gasteiger partial charge in [-0.25, -0.2) is 0 Å². The monoisotopic (exact) mass is 307 g/mol. The lowest BCUT2D eigenvalue weighted by atomic mass is 9.97. The van der Waals surface area contributed by atoms with E-state index in [1.165, 1.54) is 19.3 Å². The molecule has 0 spiro atoms. The topological polar surface area (TPSA) is 51.2 Å². The van der Waals surface area contributed by atoms with Crippen LogP contribution in [0.2, 0.25) is 0 Å². The summed E-state index contributed by atoms with van der Waals surface area (Å²) in [5.41, 5.74) is 0. The van der Waals surface area contributed by atoms with Crippen LogP contribution in [0.3, 0.4) is 0 Å². The summed E-state index contributed by atoms with van der Waals surface area (Å²) in [5.74, 6) is 2.14. The molecule has 1 saturated heterocycles. The van der Waals surface area contributed by atoms with Crippen LogP contribution in [0.5, 0.6) is 17.2 Å². The Balaban J connectivity index is 1.50. The molecule has 1 aromatic rings. The molecule has 0 aliphatic carbocycles. The molecule has 1 aromatic carbocycles. The van der Waals surface area contributed by atoms with E-state index in [1.54, 1.807) is 6.07 Å². The van der Waals surface area contributed by atoms with Gasteiger partial charge in [-0.3, -0.25) is 4.90 Å². The predicted octanol–water partition coefficient (Wildman–Crippen LogP) is 2.42. The maximum Gasteiger partial charge on any atom is 0.231 e. The Bertz CT molecular complexity index is 497. The fourth-order valence-electron chi connectivity index (χ4n) is 3.29. The molecule has 0 bridgehead atoms. The Morgan fingerprint density at radius 2 is 1.95 bits per heavy atom. The van der Waals surface area contributed by atoms with Crippen LogP contribution in [0.4, 0.5) is 0 Å². The van der Waals surface area contributed by atoms with E-state index in [4.69, 9.17) is 14.2 Å². The number of fused-ring (bicyclic) bond motifs is 1. The van der Waals surface area contributed by atoms with E-state index in [-0.39, 0.29) is 13.4 Å². The van der Waals surface area contributed by atoms with Gasteiger partial charge in [0.25, 0.3) is 0 Å². The Hall–Kier alpha value is -1.46. The van der Waals surface area contributed by atoms with Crippen LogP contribution >= 0.6 is 0 Å². The molecule has 1 N–H and O–H groups in total. The zero-order valence-electron chi connectivity index (χ0n) is 13.3. The highest BCUT2D eigenvalue weighted by Gasteiger charge is 2.26. The smallest absolute Gasteiger partial charge is 0.231 e. The zero-order chi connectivity index (χ0) is 15.5. The van der Waals surface area contributed by atoms with Gasteiger partial charge in [0.1, 0.15) is 18.5 Å². The van der Waals surface area contributed by atoms with Crippen molar-refractivity contribution in [3.8, 4) is 17.2 Å². The van der Waals surface area contributed by atoms with Crippen molar-refractivity contribution in [2.75, 3.05) is 19.9 Å². The summed E-state index contributed by atoms with van der Waals surface area (Å²) < 4.78 is 16.3. The van der Waals surface area contributed by atoms with Crippen LogP contribution in [0.25, 0.3) is 0 Å². The molecule has 0 amide bonds. The number of β-amino-alcohol motifs (C(OH)–C–C–N with tert-alkyl or cyclic N) is 1. The van der Waals surface area contributed by atoms with Crippen molar-refractivity contribution in [3.05, 3.63) is 18.2 Å². The minimum atomic E-state index is -0.492. The van der Waals surface area contributed by atoms with Crippen molar-refractivity contribution in [1.29, 1.82) is 0 Å².